The van der Waals surface area contributed by atoms with E-state index in [1.807, 2.05) is 20.8 Å². The number of esters is 1. The van der Waals surface area contributed by atoms with Gasteiger partial charge < -0.3 is 28.1 Å². The lowest BCUT2D eigenvalue weighted by atomic mass is 10.1. The molecule has 0 aromatic carbocycles. The van der Waals surface area contributed by atoms with Gasteiger partial charge in [-0.05, 0) is 73.4 Å². The van der Waals surface area contributed by atoms with Crippen molar-refractivity contribution < 1.29 is 32.3 Å². The van der Waals surface area contributed by atoms with Gasteiger partial charge in [0, 0.05) is 12.6 Å². The molecule has 2 unspecified atom stereocenters. The largest absolute Gasteiger partial charge is 0.502 e. The molecule has 0 saturated carbocycles. The fourth-order valence-electron chi connectivity index (χ4n) is 4.31. The minimum absolute atomic E-state index is 0.0837. The van der Waals surface area contributed by atoms with Crippen LogP contribution in [-0.4, -0.2) is 82.0 Å². The molecule has 3 aliphatic heterocycles. The lowest BCUT2D eigenvalue weighted by Gasteiger charge is -2.27. The molecule has 0 aliphatic carbocycles. The molecule has 3 rings (SSSR count). The highest BCUT2D eigenvalue weighted by atomic mass is 28.4. The molecule has 2 bridgehead atoms. The van der Waals surface area contributed by atoms with Gasteiger partial charge in [-0.15, -0.1) is 0 Å². The number of nitrogens with zero attached hydrogens (tertiary/aromatic N) is 1. The van der Waals surface area contributed by atoms with E-state index in [2.05, 4.69) is 19.2 Å². The van der Waals surface area contributed by atoms with Crippen LogP contribution in [0, 0.1) is 0 Å². The van der Waals surface area contributed by atoms with Crippen molar-refractivity contribution in [3.8, 4) is 0 Å². The van der Waals surface area contributed by atoms with Crippen LogP contribution >= 0.6 is 0 Å². The first-order chi connectivity index (χ1) is 14.6. The third kappa shape index (κ3) is 6.41. The fraction of sp³-hybridized carbons (Fsp3) is 0.905. The van der Waals surface area contributed by atoms with Crippen molar-refractivity contribution in [2.45, 2.75) is 96.3 Å². The SMILES string of the molecule is CC1O[Si]2(CCCNCCCOC(=O)[C@@H]3CCCN3C(=O)OC(C)(C)C)OC(C)C1O2. The summed E-state index contributed by atoms with van der Waals surface area (Å²) in [7, 11) is -2.45. The van der Waals surface area contributed by atoms with Crippen molar-refractivity contribution in [1.29, 1.82) is 0 Å². The highest BCUT2D eigenvalue weighted by molar-refractivity contribution is 6.62. The smallest absolute Gasteiger partial charge is 0.464 e. The van der Waals surface area contributed by atoms with Gasteiger partial charge >= 0.3 is 20.9 Å². The lowest BCUT2D eigenvalue weighted by Crippen LogP contribution is -2.44. The van der Waals surface area contributed by atoms with Crippen molar-refractivity contribution in [2.75, 3.05) is 26.2 Å². The molecule has 10 heteroatoms. The second-order valence-electron chi connectivity index (χ2n) is 9.62. The Morgan fingerprint density at radius 2 is 1.77 bits per heavy atom. The molecule has 9 nitrogen and oxygen atoms in total. The molecule has 3 aliphatic rings. The number of ether oxygens (including phenoxy) is 2. The second kappa shape index (κ2) is 10.2. The Morgan fingerprint density at radius 3 is 2.42 bits per heavy atom. The Labute approximate surface area is 186 Å². The summed E-state index contributed by atoms with van der Waals surface area (Å²) in [6.07, 6.45) is 2.92. The van der Waals surface area contributed by atoms with Crippen LogP contribution in [0.5, 0.6) is 0 Å². The highest BCUT2D eigenvalue weighted by Gasteiger charge is 2.60. The van der Waals surface area contributed by atoms with E-state index in [1.165, 1.54) is 4.90 Å². The number of carbonyl (C=O) groups excluding carboxylic acids is 2. The Bertz CT molecular complexity index is 630. The Hall–Kier alpha value is -1.20. The van der Waals surface area contributed by atoms with Crippen LogP contribution in [0.1, 0.15) is 60.3 Å². The van der Waals surface area contributed by atoms with Gasteiger partial charge in [-0.1, -0.05) is 0 Å². The van der Waals surface area contributed by atoms with Crippen molar-refractivity contribution in [1.82, 2.24) is 10.2 Å². The van der Waals surface area contributed by atoms with Gasteiger partial charge in [0.1, 0.15) is 11.6 Å². The van der Waals surface area contributed by atoms with Gasteiger partial charge in [-0.2, -0.15) is 0 Å². The normalized spacial score (nSPS) is 32.5. The maximum atomic E-state index is 12.4. The standard InChI is InChI=1S/C21H38N2O7Si/c1-15-18-16(2)29-31(28-15,30-18)14-8-11-22-10-7-13-26-19(24)17-9-6-12-23(17)20(25)27-21(3,4)5/h15-18,22H,6-14H2,1-5H3/t15?,16?,17-,18?,31?/m0/s1. The summed E-state index contributed by atoms with van der Waals surface area (Å²) in [5.41, 5.74) is -0.583. The molecule has 1 amide bonds. The minimum Gasteiger partial charge on any atom is -0.464 e. The van der Waals surface area contributed by atoms with E-state index in [0.29, 0.717) is 26.0 Å². The maximum Gasteiger partial charge on any atom is 0.502 e. The van der Waals surface area contributed by atoms with Crippen LogP contribution < -0.4 is 5.32 Å². The van der Waals surface area contributed by atoms with E-state index in [-0.39, 0.29) is 24.3 Å². The predicted molar refractivity (Wildman–Crippen MR) is 116 cm³/mol. The second-order valence-corrected chi connectivity index (χ2v) is 12.2. The molecule has 0 aromatic rings. The first-order valence-corrected chi connectivity index (χ1v) is 13.4. The number of amides is 1. The van der Waals surface area contributed by atoms with E-state index < -0.39 is 26.5 Å². The maximum absolute atomic E-state index is 12.4. The van der Waals surface area contributed by atoms with Crippen LogP contribution in [0.4, 0.5) is 4.79 Å². The lowest BCUT2D eigenvalue weighted by molar-refractivity contribution is -0.148. The van der Waals surface area contributed by atoms with E-state index in [0.717, 1.165) is 32.0 Å². The quantitative estimate of drug-likeness (QED) is 0.320. The molecule has 31 heavy (non-hydrogen) atoms. The Balaban J connectivity index is 1.25. The summed E-state index contributed by atoms with van der Waals surface area (Å²) in [4.78, 5) is 26.2. The average Bonchev–Trinajstić information content (AvgIpc) is 3.35. The summed E-state index contributed by atoms with van der Waals surface area (Å²) in [5, 5.41) is 3.36. The Kier molecular flexibility index (Phi) is 8.01. The number of rotatable bonds is 9. The predicted octanol–water partition coefficient (Wildman–Crippen LogP) is 2.46. The van der Waals surface area contributed by atoms with Crippen molar-refractivity contribution in [3.63, 3.8) is 0 Å². The van der Waals surface area contributed by atoms with Gasteiger partial charge in [0.25, 0.3) is 0 Å². The molecular formula is C21H38N2O7Si. The summed E-state index contributed by atoms with van der Waals surface area (Å²) < 4.78 is 28.8. The molecule has 3 fully saturated rings. The molecule has 3 atom stereocenters. The Morgan fingerprint density at radius 1 is 1.10 bits per heavy atom. The number of carbonyl (C=O) groups is 2. The van der Waals surface area contributed by atoms with E-state index in [4.69, 9.17) is 22.8 Å². The summed E-state index contributed by atoms with van der Waals surface area (Å²) in [6, 6.07) is 0.279. The number of likely N-dealkylation sites (tertiary alicyclic amines) is 1. The third-order valence-electron chi connectivity index (χ3n) is 5.70. The van der Waals surface area contributed by atoms with Gasteiger partial charge in [-0.25, -0.2) is 9.59 Å². The number of fused-ring (bicyclic) bond motifs is 2. The van der Waals surface area contributed by atoms with Crippen LogP contribution in [0.25, 0.3) is 0 Å². The molecule has 3 saturated heterocycles. The fourth-order valence-corrected chi connectivity index (χ4v) is 7.64. The molecule has 0 radical (unpaired) electrons. The first-order valence-electron chi connectivity index (χ1n) is 11.5. The monoisotopic (exact) mass is 458 g/mol. The summed E-state index contributed by atoms with van der Waals surface area (Å²) in [5.74, 6) is -0.347. The molecule has 178 valence electrons. The average molecular weight is 459 g/mol. The molecule has 0 spiro atoms. The summed E-state index contributed by atoms with van der Waals surface area (Å²) >= 11 is 0. The van der Waals surface area contributed by atoms with E-state index in [9.17, 15) is 9.59 Å². The van der Waals surface area contributed by atoms with Crippen LogP contribution in [-0.2, 0) is 27.5 Å². The third-order valence-corrected chi connectivity index (χ3v) is 8.76. The van der Waals surface area contributed by atoms with Crippen molar-refractivity contribution >= 4 is 20.9 Å². The molecule has 3 heterocycles. The molecular weight excluding hydrogens is 420 g/mol. The number of hydrogen-bond acceptors (Lipinski definition) is 8. The minimum atomic E-state index is -2.45. The zero-order valence-corrected chi connectivity index (χ0v) is 20.5. The summed E-state index contributed by atoms with van der Waals surface area (Å²) in [6.45, 7) is 12.0. The molecule has 0 aromatic heterocycles. The van der Waals surface area contributed by atoms with E-state index in [1.54, 1.807) is 0 Å². The van der Waals surface area contributed by atoms with Crippen molar-refractivity contribution in [3.05, 3.63) is 0 Å². The zero-order valence-electron chi connectivity index (χ0n) is 19.5. The number of hydrogen-bond donors (Lipinski definition) is 1. The van der Waals surface area contributed by atoms with Gasteiger partial charge in [0.2, 0.25) is 0 Å². The highest BCUT2D eigenvalue weighted by Crippen LogP contribution is 2.40. The van der Waals surface area contributed by atoms with Crippen LogP contribution in [0.15, 0.2) is 0 Å². The van der Waals surface area contributed by atoms with Crippen LogP contribution in [0.2, 0.25) is 6.04 Å². The number of nitrogens with one attached hydrogen (secondary N) is 1. The zero-order chi connectivity index (χ0) is 22.6. The first kappa shape index (κ1) is 24.4. The molecule has 1 N–H and O–H groups in total. The van der Waals surface area contributed by atoms with Crippen molar-refractivity contribution in [2.24, 2.45) is 0 Å². The topological polar surface area (TPSA) is 95.6 Å². The van der Waals surface area contributed by atoms with Gasteiger partial charge in [0.15, 0.2) is 0 Å². The van der Waals surface area contributed by atoms with Crippen LogP contribution in [0.3, 0.4) is 0 Å². The van der Waals surface area contributed by atoms with E-state index >= 15 is 0 Å². The van der Waals surface area contributed by atoms with Gasteiger partial charge in [0.05, 0.1) is 24.9 Å². The van der Waals surface area contributed by atoms with Gasteiger partial charge in [-0.3, -0.25) is 4.90 Å².